The number of imidazole rings is 1. The molecule has 2 aromatic heterocycles. The van der Waals surface area contributed by atoms with Gasteiger partial charge in [0.25, 0.3) is 0 Å². The number of carbonyl (C=O) groups is 1. The fourth-order valence-electron chi connectivity index (χ4n) is 3.03. The lowest BCUT2D eigenvalue weighted by atomic mass is 10.1. The van der Waals surface area contributed by atoms with E-state index in [0.717, 1.165) is 6.20 Å². The molecule has 0 aliphatic heterocycles. The zero-order chi connectivity index (χ0) is 22.2. The zero-order valence-electron chi connectivity index (χ0n) is 16.7. The van der Waals surface area contributed by atoms with E-state index in [4.69, 9.17) is 11.6 Å². The molecule has 0 spiro atoms. The first-order chi connectivity index (χ1) is 14.0. The van der Waals surface area contributed by atoms with E-state index in [1.165, 1.54) is 18.4 Å². The van der Waals surface area contributed by atoms with Crippen LogP contribution < -0.4 is 5.32 Å². The van der Waals surface area contributed by atoms with Gasteiger partial charge in [-0.15, -0.1) is 5.10 Å². The zero-order valence-corrected chi connectivity index (χ0v) is 17.5. The van der Waals surface area contributed by atoms with E-state index in [-0.39, 0.29) is 17.6 Å². The molecule has 1 amide bonds. The third-order valence-corrected chi connectivity index (χ3v) is 4.82. The Labute approximate surface area is 175 Å². The Hall–Kier alpha value is -2.88. The van der Waals surface area contributed by atoms with Gasteiger partial charge in [0.15, 0.2) is 11.5 Å². The summed E-state index contributed by atoms with van der Waals surface area (Å²) >= 11 is 5.93. The van der Waals surface area contributed by atoms with E-state index < -0.39 is 23.8 Å². The largest absolute Gasteiger partial charge is 0.434 e. The Morgan fingerprint density at radius 2 is 1.80 bits per heavy atom. The van der Waals surface area contributed by atoms with Gasteiger partial charge in [0, 0.05) is 11.2 Å². The number of alkyl halides is 3. The molecule has 1 atom stereocenters. The normalized spacial score (nSPS) is 13.0. The number of nitrogens with zero attached hydrogens (tertiary/aromatic N) is 5. The van der Waals surface area contributed by atoms with E-state index >= 15 is 0 Å². The van der Waals surface area contributed by atoms with Crippen molar-refractivity contribution in [1.82, 2.24) is 24.5 Å². The van der Waals surface area contributed by atoms with Crippen LogP contribution in [0.1, 0.15) is 49.9 Å². The van der Waals surface area contributed by atoms with Crippen LogP contribution in [0, 0.1) is 6.92 Å². The van der Waals surface area contributed by atoms with Crippen LogP contribution in [0.4, 0.5) is 19.0 Å². The van der Waals surface area contributed by atoms with Crippen molar-refractivity contribution in [3.63, 3.8) is 0 Å². The SMILES string of the molecule is Cc1nc(C(F)(F)F)cn1[C@H](C)C(=O)Nc1nnn(-c2ccc(Cl)cc2)c1C(C)C. The molecule has 0 saturated carbocycles. The number of nitrogens with one attached hydrogen (secondary N) is 1. The molecule has 0 radical (unpaired) electrons. The van der Waals surface area contributed by atoms with Crippen LogP contribution in [-0.4, -0.2) is 30.5 Å². The Morgan fingerprint density at radius 3 is 2.33 bits per heavy atom. The number of hydrogen-bond acceptors (Lipinski definition) is 4. The number of aryl methyl sites for hydroxylation is 1. The fourth-order valence-corrected chi connectivity index (χ4v) is 3.16. The Bertz CT molecular complexity index is 1060. The highest BCUT2D eigenvalue weighted by Gasteiger charge is 2.35. The number of hydrogen-bond donors (Lipinski definition) is 1. The molecule has 0 saturated heterocycles. The summed E-state index contributed by atoms with van der Waals surface area (Å²) in [6.45, 7) is 6.73. The third-order valence-electron chi connectivity index (χ3n) is 4.57. The smallest absolute Gasteiger partial charge is 0.322 e. The molecule has 0 bridgehead atoms. The van der Waals surface area contributed by atoms with Crippen LogP contribution in [0.25, 0.3) is 5.69 Å². The standard InChI is InChI=1S/C19H20ClF3N6O/c1-10(2)16-17(26-27-29(16)14-7-5-13(20)6-8-14)25-18(30)11(3)28-9-15(19(21,22)23)24-12(28)4/h5-11H,1-4H3,(H,25,30)/t11-/m1/s1. The first kappa shape index (κ1) is 21.8. The molecule has 3 rings (SSSR count). The molecule has 30 heavy (non-hydrogen) atoms. The molecule has 160 valence electrons. The van der Waals surface area contributed by atoms with Gasteiger partial charge in [0.1, 0.15) is 11.9 Å². The second-order valence-corrected chi connectivity index (χ2v) is 7.55. The average Bonchev–Trinajstić information content (AvgIpc) is 3.25. The molecule has 11 heteroatoms. The Kier molecular flexibility index (Phi) is 5.89. The molecule has 1 N–H and O–H groups in total. The van der Waals surface area contributed by atoms with E-state index in [1.807, 2.05) is 13.8 Å². The highest BCUT2D eigenvalue weighted by Crippen LogP contribution is 2.30. The van der Waals surface area contributed by atoms with Crippen LogP contribution in [0.3, 0.4) is 0 Å². The predicted octanol–water partition coefficient (Wildman–Crippen LogP) is 4.77. The highest BCUT2D eigenvalue weighted by molar-refractivity contribution is 6.30. The summed E-state index contributed by atoms with van der Waals surface area (Å²) in [5, 5.41) is 11.4. The van der Waals surface area contributed by atoms with Crippen LogP contribution in [0.15, 0.2) is 30.5 Å². The topological polar surface area (TPSA) is 77.6 Å². The summed E-state index contributed by atoms with van der Waals surface area (Å²) in [4.78, 5) is 16.3. The molecule has 0 aliphatic carbocycles. The number of benzene rings is 1. The van der Waals surface area contributed by atoms with Gasteiger partial charge in [-0.2, -0.15) is 13.2 Å². The molecule has 0 fully saturated rings. The quantitative estimate of drug-likeness (QED) is 0.620. The molecule has 3 aromatic rings. The lowest BCUT2D eigenvalue weighted by Crippen LogP contribution is -2.25. The number of carbonyl (C=O) groups excluding carboxylic acids is 1. The van der Waals surface area contributed by atoms with Gasteiger partial charge in [-0.25, -0.2) is 9.67 Å². The second-order valence-electron chi connectivity index (χ2n) is 7.11. The van der Waals surface area contributed by atoms with Crippen LogP contribution in [0.5, 0.6) is 0 Å². The summed E-state index contributed by atoms with van der Waals surface area (Å²) in [5.74, 6) is -0.258. The van der Waals surface area contributed by atoms with Crippen molar-refractivity contribution in [3.8, 4) is 5.69 Å². The van der Waals surface area contributed by atoms with Crippen molar-refractivity contribution in [3.05, 3.63) is 52.7 Å². The van der Waals surface area contributed by atoms with E-state index in [9.17, 15) is 18.0 Å². The first-order valence-corrected chi connectivity index (χ1v) is 9.52. The van der Waals surface area contributed by atoms with Crippen molar-refractivity contribution < 1.29 is 18.0 Å². The van der Waals surface area contributed by atoms with E-state index in [0.29, 0.717) is 16.4 Å². The summed E-state index contributed by atoms with van der Waals surface area (Å²) in [6.07, 6.45) is -3.76. The molecule has 7 nitrogen and oxygen atoms in total. The molecule has 0 unspecified atom stereocenters. The van der Waals surface area contributed by atoms with Crippen LogP contribution in [-0.2, 0) is 11.0 Å². The van der Waals surface area contributed by atoms with Crippen molar-refractivity contribution in [2.24, 2.45) is 0 Å². The minimum atomic E-state index is -4.59. The fraction of sp³-hybridized carbons (Fsp3) is 0.368. The number of amides is 1. The maximum absolute atomic E-state index is 12.9. The van der Waals surface area contributed by atoms with Gasteiger partial charge in [0.05, 0.1) is 11.4 Å². The van der Waals surface area contributed by atoms with Crippen LogP contribution >= 0.6 is 11.6 Å². The average molecular weight is 441 g/mol. The molecular weight excluding hydrogens is 421 g/mol. The maximum Gasteiger partial charge on any atom is 0.434 e. The highest BCUT2D eigenvalue weighted by atomic mass is 35.5. The second kappa shape index (κ2) is 8.10. The first-order valence-electron chi connectivity index (χ1n) is 9.14. The van der Waals surface area contributed by atoms with Crippen LogP contribution in [0.2, 0.25) is 5.02 Å². The maximum atomic E-state index is 12.9. The summed E-state index contributed by atoms with van der Waals surface area (Å²) < 4.78 is 41.5. The third kappa shape index (κ3) is 4.33. The summed E-state index contributed by atoms with van der Waals surface area (Å²) in [5.41, 5.74) is 0.317. The minimum absolute atomic E-state index is 0.0481. The van der Waals surface area contributed by atoms with Gasteiger partial charge in [-0.3, -0.25) is 4.79 Å². The van der Waals surface area contributed by atoms with Crippen molar-refractivity contribution in [2.75, 3.05) is 5.32 Å². The van der Waals surface area contributed by atoms with Gasteiger partial charge < -0.3 is 9.88 Å². The number of anilines is 1. The lowest BCUT2D eigenvalue weighted by molar-refractivity contribution is -0.141. The summed E-state index contributed by atoms with van der Waals surface area (Å²) in [6, 6.07) is 6.02. The van der Waals surface area contributed by atoms with E-state index in [1.54, 1.807) is 28.9 Å². The monoisotopic (exact) mass is 440 g/mol. The van der Waals surface area contributed by atoms with Gasteiger partial charge in [-0.05, 0) is 44.0 Å². The van der Waals surface area contributed by atoms with E-state index in [2.05, 4.69) is 20.6 Å². The predicted molar refractivity (Wildman–Crippen MR) is 106 cm³/mol. The summed E-state index contributed by atoms with van der Waals surface area (Å²) in [7, 11) is 0. The van der Waals surface area contributed by atoms with Crippen molar-refractivity contribution in [1.29, 1.82) is 0 Å². The lowest BCUT2D eigenvalue weighted by Gasteiger charge is -2.16. The minimum Gasteiger partial charge on any atom is -0.322 e. The Morgan fingerprint density at radius 1 is 1.17 bits per heavy atom. The van der Waals surface area contributed by atoms with Gasteiger partial charge in [-0.1, -0.05) is 30.7 Å². The van der Waals surface area contributed by atoms with Crippen molar-refractivity contribution in [2.45, 2.75) is 45.8 Å². The molecule has 2 heterocycles. The van der Waals surface area contributed by atoms with Crippen molar-refractivity contribution >= 4 is 23.3 Å². The number of aromatic nitrogens is 5. The molecular formula is C19H20ClF3N6O. The van der Waals surface area contributed by atoms with Gasteiger partial charge >= 0.3 is 6.18 Å². The molecule has 0 aliphatic rings. The van der Waals surface area contributed by atoms with Gasteiger partial charge in [0.2, 0.25) is 5.91 Å². The molecule has 1 aromatic carbocycles. The number of rotatable bonds is 5. The Balaban J connectivity index is 1.88. The number of halogens is 4.